The number of nitrogens with two attached hydrogens (primary N) is 1. The summed E-state index contributed by atoms with van der Waals surface area (Å²) in [5.74, 6) is 0. The second-order valence-electron chi connectivity index (χ2n) is 4.32. The van der Waals surface area contributed by atoms with Crippen LogP contribution in [0.1, 0.15) is 12.8 Å². The lowest BCUT2D eigenvalue weighted by molar-refractivity contribution is 0.316. The van der Waals surface area contributed by atoms with Gasteiger partial charge >= 0.3 is 0 Å². The van der Waals surface area contributed by atoms with Crippen molar-refractivity contribution in [3.8, 4) is 0 Å². The van der Waals surface area contributed by atoms with Crippen molar-refractivity contribution in [2.45, 2.75) is 23.8 Å². The summed E-state index contributed by atoms with van der Waals surface area (Å²) in [5, 5.41) is 0.225. The van der Waals surface area contributed by atoms with Crippen molar-refractivity contribution in [3.05, 3.63) is 27.7 Å². The van der Waals surface area contributed by atoms with Gasteiger partial charge in [0, 0.05) is 23.6 Å². The van der Waals surface area contributed by atoms with Crippen LogP contribution in [0.15, 0.2) is 27.6 Å². The SMILES string of the molecule is N[C@@H]1CCCN(S(=O)(=O)c2c(Cl)cccc2Br)C1. The minimum Gasteiger partial charge on any atom is -0.327 e. The van der Waals surface area contributed by atoms with Gasteiger partial charge in [-0.1, -0.05) is 17.7 Å². The van der Waals surface area contributed by atoms with E-state index in [0.717, 1.165) is 12.8 Å². The standard InChI is InChI=1S/C11H14BrClN2O2S/c12-9-4-1-5-10(13)11(9)18(16,17)15-6-2-3-8(14)7-15/h1,4-5,8H,2-3,6-7,14H2/t8-/m1/s1. The number of benzene rings is 1. The van der Waals surface area contributed by atoms with Crippen LogP contribution < -0.4 is 5.73 Å². The molecule has 0 spiro atoms. The summed E-state index contributed by atoms with van der Waals surface area (Å²) in [7, 11) is -3.58. The molecule has 0 unspecified atom stereocenters. The van der Waals surface area contributed by atoms with Crippen LogP contribution in [0.3, 0.4) is 0 Å². The third-order valence-electron chi connectivity index (χ3n) is 2.94. The van der Waals surface area contributed by atoms with E-state index in [1.54, 1.807) is 18.2 Å². The highest BCUT2D eigenvalue weighted by Gasteiger charge is 2.31. The van der Waals surface area contributed by atoms with Crippen LogP contribution in [0.2, 0.25) is 5.02 Å². The Hall–Kier alpha value is -0.140. The molecular formula is C11H14BrClN2O2S. The fourth-order valence-corrected chi connectivity index (χ4v) is 5.26. The van der Waals surface area contributed by atoms with Crippen LogP contribution in [0.5, 0.6) is 0 Å². The Labute approximate surface area is 120 Å². The molecule has 1 heterocycles. The molecule has 4 nitrogen and oxygen atoms in total. The van der Waals surface area contributed by atoms with Gasteiger partial charge in [0.2, 0.25) is 10.0 Å². The normalized spacial score (nSPS) is 22.1. The molecule has 7 heteroatoms. The molecule has 2 N–H and O–H groups in total. The highest BCUT2D eigenvalue weighted by molar-refractivity contribution is 9.10. The van der Waals surface area contributed by atoms with E-state index in [4.69, 9.17) is 17.3 Å². The monoisotopic (exact) mass is 352 g/mol. The minimum atomic E-state index is -3.58. The second kappa shape index (κ2) is 5.46. The predicted molar refractivity (Wildman–Crippen MR) is 75.1 cm³/mol. The van der Waals surface area contributed by atoms with Gasteiger partial charge in [-0.25, -0.2) is 8.42 Å². The topological polar surface area (TPSA) is 63.4 Å². The van der Waals surface area contributed by atoms with E-state index in [-0.39, 0.29) is 16.0 Å². The Balaban J connectivity index is 2.42. The average Bonchev–Trinajstić information content (AvgIpc) is 2.28. The molecule has 0 amide bonds. The molecule has 1 aromatic carbocycles. The summed E-state index contributed by atoms with van der Waals surface area (Å²) in [4.78, 5) is 0.126. The summed E-state index contributed by atoms with van der Waals surface area (Å²) in [6.07, 6.45) is 1.64. The highest BCUT2D eigenvalue weighted by atomic mass is 79.9. The fraction of sp³-hybridized carbons (Fsp3) is 0.455. The first kappa shape index (κ1) is 14.3. The van der Waals surface area contributed by atoms with E-state index in [9.17, 15) is 8.42 Å². The lowest BCUT2D eigenvalue weighted by Gasteiger charge is -2.30. The molecule has 0 saturated carbocycles. The maximum absolute atomic E-state index is 12.5. The van der Waals surface area contributed by atoms with Crippen LogP contribution in [0, 0.1) is 0 Å². The fourth-order valence-electron chi connectivity index (χ4n) is 2.05. The Morgan fingerprint density at radius 2 is 2.17 bits per heavy atom. The number of nitrogens with zero attached hydrogens (tertiary/aromatic N) is 1. The number of rotatable bonds is 2. The largest absolute Gasteiger partial charge is 0.327 e. The molecule has 1 saturated heterocycles. The molecule has 0 aromatic heterocycles. The highest BCUT2D eigenvalue weighted by Crippen LogP contribution is 2.32. The van der Waals surface area contributed by atoms with Gasteiger partial charge in [0.1, 0.15) is 4.90 Å². The summed E-state index contributed by atoms with van der Waals surface area (Å²) in [6, 6.07) is 4.84. The number of hydrogen-bond donors (Lipinski definition) is 1. The lowest BCUT2D eigenvalue weighted by Crippen LogP contribution is -2.45. The van der Waals surface area contributed by atoms with E-state index in [2.05, 4.69) is 15.9 Å². The summed E-state index contributed by atoms with van der Waals surface area (Å²) < 4.78 is 27.0. The number of hydrogen-bond acceptors (Lipinski definition) is 3. The molecule has 1 aromatic rings. The molecule has 0 bridgehead atoms. The second-order valence-corrected chi connectivity index (χ2v) is 7.45. The zero-order chi connectivity index (χ0) is 13.3. The lowest BCUT2D eigenvalue weighted by atomic mass is 10.1. The van der Waals surface area contributed by atoms with Crippen molar-refractivity contribution in [1.29, 1.82) is 0 Å². The zero-order valence-corrected chi connectivity index (χ0v) is 12.8. The Bertz CT molecular complexity index is 530. The molecular weight excluding hydrogens is 340 g/mol. The van der Waals surface area contributed by atoms with Crippen molar-refractivity contribution in [3.63, 3.8) is 0 Å². The minimum absolute atomic E-state index is 0.102. The first-order chi connectivity index (χ1) is 8.43. The molecule has 1 aliphatic rings. The summed E-state index contributed by atoms with van der Waals surface area (Å²) in [6.45, 7) is 0.841. The van der Waals surface area contributed by atoms with E-state index in [1.807, 2.05) is 0 Å². The number of piperidine rings is 1. The first-order valence-corrected chi connectivity index (χ1v) is 8.24. The van der Waals surface area contributed by atoms with E-state index < -0.39 is 10.0 Å². The molecule has 100 valence electrons. The molecule has 0 radical (unpaired) electrons. The van der Waals surface area contributed by atoms with Gasteiger partial charge in [0.05, 0.1) is 5.02 Å². The smallest absolute Gasteiger partial charge is 0.245 e. The van der Waals surface area contributed by atoms with E-state index in [1.165, 1.54) is 4.31 Å². The van der Waals surface area contributed by atoms with Gasteiger partial charge in [-0.05, 0) is 40.9 Å². The molecule has 0 aliphatic carbocycles. The van der Waals surface area contributed by atoms with E-state index in [0.29, 0.717) is 17.6 Å². The van der Waals surface area contributed by atoms with Crippen LogP contribution in [0.25, 0.3) is 0 Å². The number of halogens is 2. The van der Waals surface area contributed by atoms with Crippen molar-refractivity contribution < 1.29 is 8.42 Å². The third-order valence-corrected chi connectivity index (χ3v) is 6.25. The van der Waals surface area contributed by atoms with Crippen LogP contribution in [-0.2, 0) is 10.0 Å². The van der Waals surface area contributed by atoms with Gasteiger partial charge < -0.3 is 5.73 Å². The predicted octanol–water partition coefficient (Wildman–Crippen LogP) is 2.21. The maximum atomic E-state index is 12.5. The average molecular weight is 354 g/mol. The molecule has 2 rings (SSSR count). The van der Waals surface area contributed by atoms with Crippen LogP contribution in [0.4, 0.5) is 0 Å². The van der Waals surface area contributed by atoms with Crippen molar-refractivity contribution >= 4 is 37.6 Å². The Kier molecular flexibility index (Phi) is 4.33. The molecule has 18 heavy (non-hydrogen) atoms. The summed E-state index contributed by atoms with van der Waals surface area (Å²) >= 11 is 9.25. The molecule has 1 atom stereocenters. The van der Waals surface area contributed by atoms with Gasteiger partial charge in [-0.15, -0.1) is 0 Å². The third kappa shape index (κ3) is 2.72. The van der Waals surface area contributed by atoms with Gasteiger partial charge in [-0.2, -0.15) is 4.31 Å². The van der Waals surface area contributed by atoms with Crippen molar-refractivity contribution in [2.24, 2.45) is 5.73 Å². The first-order valence-electron chi connectivity index (χ1n) is 5.62. The number of sulfonamides is 1. The van der Waals surface area contributed by atoms with Crippen LogP contribution >= 0.6 is 27.5 Å². The van der Waals surface area contributed by atoms with Gasteiger partial charge in [0.25, 0.3) is 0 Å². The Morgan fingerprint density at radius 3 is 2.78 bits per heavy atom. The quantitative estimate of drug-likeness (QED) is 0.886. The van der Waals surface area contributed by atoms with Gasteiger partial charge in [0.15, 0.2) is 0 Å². The van der Waals surface area contributed by atoms with Crippen molar-refractivity contribution in [2.75, 3.05) is 13.1 Å². The van der Waals surface area contributed by atoms with Gasteiger partial charge in [-0.3, -0.25) is 0 Å². The maximum Gasteiger partial charge on any atom is 0.245 e. The summed E-state index contributed by atoms with van der Waals surface area (Å²) in [5.41, 5.74) is 5.83. The van der Waals surface area contributed by atoms with Crippen LogP contribution in [-0.4, -0.2) is 31.9 Å². The molecule has 1 fully saturated rings. The zero-order valence-electron chi connectivity index (χ0n) is 9.64. The Morgan fingerprint density at radius 1 is 1.44 bits per heavy atom. The van der Waals surface area contributed by atoms with Crippen molar-refractivity contribution in [1.82, 2.24) is 4.31 Å². The van der Waals surface area contributed by atoms with E-state index >= 15 is 0 Å². The molecule has 1 aliphatic heterocycles.